The Balaban J connectivity index is 1.93. The number of nitrogens with two attached hydrogens (primary N) is 1. The Bertz CT molecular complexity index is 356. The summed E-state index contributed by atoms with van der Waals surface area (Å²) in [5.41, 5.74) is 5.77. The van der Waals surface area contributed by atoms with E-state index in [1.165, 1.54) is 12.1 Å². The van der Waals surface area contributed by atoms with Gasteiger partial charge in [-0.15, -0.1) is 0 Å². The summed E-state index contributed by atoms with van der Waals surface area (Å²) in [6.07, 6.45) is 2.39. The molecule has 0 saturated heterocycles. The van der Waals surface area contributed by atoms with Crippen LogP contribution < -0.4 is 5.73 Å². The van der Waals surface area contributed by atoms with E-state index in [-0.39, 0.29) is 17.7 Å². The molecule has 0 aromatic heterocycles. The lowest BCUT2D eigenvalue weighted by molar-refractivity contribution is -0.106. The molecule has 0 heterocycles. The molecule has 1 saturated carbocycles. The Hall–Kier alpha value is -1.00. The zero-order valence-electron chi connectivity index (χ0n) is 9.61. The summed E-state index contributed by atoms with van der Waals surface area (Å²) >= 11 is 0. The van der Waals surface area contributed by atoms with E-state index in [1.807, 2.05) is 0 Å². The molecule has 2 atom stereocenters. The van der Waals surface area contributed by atoms with E-state index in [0.29, 0.717) is 0 Å². The van der Waals surface area contributed by atoms with E-state index in [4.69, 9.17) is 10.5 Å². The second-order valence-corrected chi connectivity index (χ2v) is 4.51. The van der Waals surface area contributed by atoms with E-state index in [9.17, 15) is 8.78 Å². The first-order valence-electron chi connectivity index (χ1n) is 5.90. The van der Waals surface area contributed by atoms with Crippen molar-refractivity contribution in [1.29, 1.82) is 0 Å². The molecule has 2 N–H and O–H groups in total. The zero-order chi connectivity index (χ0) is 12.3. The smallest absolute Gasteiger partial charge is 0.296 e. The van der Waals surface area contributed by atoms with Crippen LogP contribution in [0, 0.1) is 0 Å². The van der Waals surface area contributed by atoms with Crippen LogP contribution in [0.25, 0.3) is 0 Å². The van der Waals surface area contributed by atoms with Crippen molar-refractivity contribution in [2.24, 2.45) is 5.73 Å². The summed E-state index contributed by atoms with van der Waals surface area (Å²) in [6.45, 7) is -0.588. The van der Waals surface area contributed by atoms with Crippen LogP contribution in [0.5, 0.6) is 0 Å². The summed E-state index contributed by atoms with van der Waals surface area (Å²) < 4.78 is 32.8. The molecule has 2 nitrogen and oxygen atoms in total. The summed E-state index contributed by atoms with van der Waals surface area (Å²) in [7, 11) is 0. The molecule has 2 unspecified atom stereocenters. The minimum absolute atomic E-state index is 0.00781. The predicted octanol–water partition coefficient (Wildman–Crippen LogP) is 2.67. The molecule has 94 valence electrons. The fourth-order valence-corrected chi connectivity index (χ4v) is 2.14. The molecular weight excluding hydrogens is 224 g/mol. The van der Waals surface area contributed by atoms with Crippen LogP contribution in [0.3, 0.4) is 0 Å². The Kier molecular flexibility index (Phi) is 3.74. The molecular formula is C13H17F2NO. The first-order chi connectivity index (χ1) is 8.09. The van der Waals surface area contributed by atoms with Gasteiger partial charge >= 0.3 is 0 Å². The number of rotatable bonds is 4. The van der Waals surface area contributed by atoms with Gasteiger partial charge in [0.2, 0.25) is 0 Å². The monoisotopic (exact) mass is 241 g/mol. The number of hydrogen-bond donors (Lipinski definition) is 1. The molecule has 0 bridgehead atoms. The van der Waals surface area contributed by atoms with E-state index in [2.05, 4.69) is 0 Å². The van der Waals surface area contributed by atoms with Gasteiger partial charge in [-0.2, -0.15) is 8.78 Å². The van der Waals surface area contributed by atoms with Gasteiger partial charge in [0.25, 0.3) is 5.92 Å². The highest BCUT2D eigenvalue weighted by Crippen LogP contribution is 2.30. The summed E-state index contributed by atoms with van der Waals surface area (Å²) in [4.78, 5) is 0. The molecule has 1 aliphatic rings. The third-order valence-corrected chi connectivity index (χ3v) is 3.18. The standard InChI is InChI=1S/C13H17F2NO/c14-13(15,10-5-2-1-3-6-10)9-17-12-8-4-7-11(12)16/h1-3,5-6,11-12H,4,7-9,16H2. The van der Waals surface area contributed by atoms with E-state index < -0.39 is 12.5 Å². The van der Waals surface area contributed by atoms with Gasteiger partial charge < -0.3 is 10.5 Å². The van der Waals surface area contributed by atoms with Crippen molar-refractivity contribution in [1.82, 2.24) is 0 Å². The average molecular weight is 241 g/mol. The Morgan fingerprint density at radius 3 is 2.53 bits per heavy atom. The Labute approximate surface area is 99.8 Å². The quantitative estimate of drug-likeness (QED) is 0.879. The zero-order valence-corrected chi connectivity index (χ0v) is 9.61. The van der Waals surface area contributed by atoms with Crippen molar-refractivity contribution in [3.63, 3.8) is 0 Å². The normalized spacial score (nSPS) is 25.1. The van der Waals surface area contributed by atoms with Gasteiger partial charge in [0.05, 0.1) is 6.10 Å². The fourth-order valence-electron chi connectivity index (χ4n) is 2.14. The van der Waals surface area contributed by atoms with Crippen molar-refractivity contribution in [3.8, 4) is 0 Å². The van der Waals surface area contributed by atoms with Crippen molar-refractivity contribution in [2.45, 2.75) is 37.3 Å². The van der Waals surface area contributed by atoms with Crippen LogP contribution >= 0.6 is 0 Å². The Morgan fingerprint density at radius 1 is 1.24 bits per heavy atom. The van der Waals surface area contributed by atoms with Gasteiger partial charge in [0.15, 0.2) is 0 Å². The highest BCUT2D eigenvalue weighted by atomic mass is 19.3. The second kappa shape index (κ2) is 5.10. The van der Waals surface area contributed by atoms with Gasteiger partial charge in [-0.05, 0) is 19.3 Å². The molecule has 0 aliphatic heterocycles. The molecule has 0 spiro atoms. The van der Waals surface area contributed by atoms with Crippen molar-refractivity contribution in [2.75, 3.05) is 6.61 Å². The third kappa shape index (κ3) is 3.01. The van der Waals surface area contributed by atoms with Crippen molar-refractivity contribution in [3.05, 3.63) is 35.9 Å². The van der Waals surface area contributed by atoms with Gasteiger partial charge in [-0.1, -0.05) is 30.3 Å². The van der Waals surface area contributed by atoms with Crippen LogP contribution in [-0.4, -0.2) is 18.8 Å². The van der Waals surface area contributed by atoms with E-state index in [1.54, 1.807) is 18.2 Å². The highest BCUT2D eigenvalue weighted by molar-refractivity contribution is 5.19. The number of ether oxygens (including phenoxy) is 1. The Morgan fingerprint density at radius 2 is 1.94 bits per heavy atom. The fraction of sp³-hybridized carbons (Fsp3) is 0.538. The van der Waals surface area contributed by atoms with E-state index in [0.717, 1.165) is 19.3 Å². The average Bonchev–Trinajstić information content (AvgIpc) is 2.74. The van der Waals surface area contributed by atoms with Gasteiger partial charge in [-0.3, -0.25) is 0 Å². The van der Waals surface area contributed by atoms with E-state index >= 15 is 0 Å². The molecule has 1 aromatic rings. The van der Waals surface area contributed by atoms with Crippen molar-refractivity contribution < 1.29 is 13.5 Å². The maximum Gasteiger partial charge on any atom is 0.296 e. The molecule has 1 aliphatic carbocycles. The highest BCUT2D eigenvalue weighted by Gasteiger charge is 2.34. The molecule has 17 heavy (non-hydrogen) atoms. The number of hydrogen-bond acceptors (Lipinski definition) is 2. The molecule has 1 fully saturated rings. The number of alkyl halides is 2. The minimum atomic E-state index is -2.94. The molecule has 1 aromatic carbocycles. The first kappa shape index (κ1) is 12.5. The van der Waals surface area contributed by atoms with Crippen LogP contribution in [0.1, 0.15) is 24.8 Å². The number of halogens is 2. The maximum atomic E-state index is 13.8. The summed E-state index contributed by atoms with van der Waals surface area (Å²) in [6, 6.07) is 7.65. The maximum absolute atomic E-state index is 13.8. The van der Waals surface area contributed by atoms with Crippen LogP contribution in [-0.2, 0) is 10.7 Å². The molecule has 0 radical (unpaired) electrons. The number of benzene rings is 1. The summed E-state index contributed by atoms with van der Waals surface area (Å²) in [5.74, 6) is -2.94. The predicted molar refractivity (Wildman–Crippen MR) is 61.9 cm³/mol. The SMILES string of the molecule is NC1CCCC1OCC(F)(F)c1ccccc1. The minimum Gasteiger partial charge on any atom is -0.370 e. The first-order valence-corrected chi connectivity index (χ1v) is 5.90. The lowest BCUT2D eigenvalue weighted by Crippen LogP contribution is -2.34. The molecule has 4 heteroatoms. The van der Waals surface area contributed by atoms with Crippen LogP contribution in [0.4, 0.5) is 8.78 Å². The topological polar surface area (TPSA) is 35.2 Å². The van der Waals surface area contributed by atoms with Gasteiger partial charge in [-0.25, -0.2) is 0 Å². The van der Waals surface area contributed by atoms with Crippen LogP contribution in [0.2, 0.25) is 0 Å². The second-order valence-electron chi connectivity index (χ2n) is 4.51. The van der Waals surface area contributed by atoms with Gasteiger partial charge in [0.1, 0.15) is 6.61 Å². The van der Waals surface area contributed by atoms with Crippen molar-refractivity contribution >= 4 is 0 Å². The lowest BCUT2D eigenvalue weighted by atomic mass is 10.1. The summed E-state index contributed by atoms with van der Waals surface area (Å²) in [5, 5.41) is 0. The van der Waals surface area contributed by atoms with Gasteiger partial charge in [0, 0.05) is 11.6 Å². The largest absolute Gasteiger partial charge is 0.370 e. The third-order valence-electron chi connectivity index (χ3n) is 3.18. The lowest BCUT2D eigenvalue weighted by Gasteiger charge is -2.22. The van der Waals surface area contributed by atoms with Crippen LogP contribution in [0.15, 0.2) is 30.3 Å². The molecule has 0 amide bonds. The molecule has 2 rings (SSSR count).